The summed E-state index contributed by atoms with van der Waals surface area (Å²) in [6, 6.07) is 5.88. The number of carbonyl (C=O) groups excluding carboxylic acids is 2. The molecule has 1 aliphatic heterocycles. The molecule has 2 amide bonds. The maximum Gasteiger partial charge on any atom is 0.416 e. The smallest absolute Gasteiger partial charge is 0.416 e. The van der Waals surface area contributed by atoms with Crippen LogP contribution in [0.15, 0.2) is 42.0 Å². The van der Waals surface area contributed by atoms with Crippen molar-refractivity contribution in [3.05, 3.63) is 69.8 Å². The lowest BCUT2D eigenvalue weighted by molar-refractivity contribution is -0.143. The Kier molecular flexibility index (Phi) is 8.82. The van der Waals surface area contributed by atoms with Gasteiger partial charge in [0.25, 0.3) is 0 Å². The zero-order valence-corrected chi connectivity index (χ0v) is 24.5. The lowest BCUT2D eigenvalue weighted by atomic mass is 9.72. The summed E-state index contributed by atoms with van der Waals surface area (Å²) in [5.41, 5.74) is -0.0786. The largest absolute Gasteiger partial charge is 0.496 e. The van der Waals surface area contributed by atoms with Crippen molar-refractivity contribution in [2.24, 2.45) is 5.41 Å². The quantitative estimate of drug-likeness (QED) is 0.328. The summed E-state index contributed by atoms with van der Waals surface area (Å²) in [5, 5.41) is 2.58. The third-order valence-corrected chi connectivity index (χ3v) is 8.10. The van der Waals surface area contributed by atoms with E-state index in [1.54, 1.807) is 20.0 Å². The number of likely N-dealkylation sites (N-methyl/N-ethyl adjacent to an activating group) is 1. The van der Waals surface area contributed by atoms with Crippen LogP contribution in [0.5, 0.6) is 5.75 Å². The molecule has 1 heterocycles. The van der Waals surface area contributed by atoms with Crippen molar-refractivity contribution in [1.82, 2.24) is 10.2 Å². The topological polar surface area (TPSA) is 67.9 Å². The van der Waals surface area contributed by atoms with Gasteiger partial charge in [0.05, 0.1) is 30.7 Å². The molecule has 2 aromatic rings. The van der Waals surface area contributed by atoms with Crippen LogP contribution in [-0.2, 0) is 28.3 Å². The Labute approximate surface area is 246 Å². The van der Waals surface area contributed by atoms with Gasteiger partial charge >= 0.3 is 18.4 Å². The van der Waals surface area contributed by atoms with Crippen molar-refractivity contribution in [2.45, 2.75) is 71.0 Å². The van der Waals surface area contributed by atoms with Gasteiger partial charge in [0.1, 0.15) is 11.9 Å². The number of hydrogen-bond donors (Lipinski definition) is 1. The second-order valence-electron chi connectivity index (χ2n) is 11.8. The van der Waals surface area contributed by atoms with Crippen molar-refractivity contribution in [3.8, 4) is 5.75 Å². The fourth-order valence-electron chi connectivity index (χ4n) is 5.77. The molecular weight excluding hydrogens is 578 g/mol. The summed E-state index contributed by atoms with van der Waals surface area (Å²) in [4.78, 5) is 26.3. The van der Waals surface area contributed by atoms with Crippen LogP contribution >= 0.6 is 0 Å². The van der Waals surface area contributed by atoms with Gasteiger partial charge < -0.3 is 14.8 Å². The number of allylic oxidation sites excluding steroid dienone is 1. The minimum absolute atomic E-state index is 0.0528. The predicted octanol–water partition coefficient (Wildman–Crippen LogP) is 7.57. The van der Waals surface area contributed by atoms with Gasteiger partial charge in [0.2, 0.25) is 5.91 Å². The second-order valence-corrected chi connectivity index (χ2v) is 11.8. The maximum atomic E-state index is 13.5. The molecule has 234 valence electrons. The molecule has 1 saturated heterocycles. The van der Waals surface area contributed by atoms with Gasteiger partial charge in [-0.2, -0.15) is 26.3 Å². The zero-order valence-electron chi connectivity index (χ0n) is 24.5. The molecule has 6 nitrogen and oxygen atoms in total. The van der Waals surface area contributed by atoms with Gasteiger partial charge in [-0.1, -0.05) is 26.0 Å². The Morgan fingerprint density at radius 3 is 2.26 bits per heavy atom. The molecule has 2 aromatic carbocycles. The summed E-state index contributed by atoms with van der Waals surface area (Å²) < 4.78 is 92.1. The van der Waals surface area contributed by atoms with Gasteiger partial charge in [-0.15, -0.1) is 0 Å². The van der Waals surface area contributed by atoms with Gasteiger partial charge in [-0.25, -0.2) is 4.79 Å². The molecule has 0 bridgehead atoms. The molecule has 0 aromatic heterocycles. The number of rotatable bonds is 7. The highest BCUT2D eigenvalue weighted by molar-refractivity contribution is 5.80. The van der Waals surface area contributed by atoms with Gasteiger partial charge in [-0.3, -0.25) is 9.69 Å². The molecule has 1 aliphatic carbocycles. The van der Waals surface area contributed by atoms with E-state index in [0.717, 1.165) is 28.7 Å². The van der Waals surface area contributed by atoms with E-state index in [9.17, 15) is 35.9 Å². The number of nitrogens with one attached hydrogen (secondary N) is 1. The highest BCUT2D eigenvalue weighted by Crippen LogP contribution is 2.46. The van der Waals surface area contributed by atoms with E-state index in [0.29, 0.717) is 30.7 Å². The number of methoxy groups -OCH3 is 1. The lowest BCUT2D eigenvalue weighted by Crippen LogP contribution is -2.35. The number of ether oxygens (including phenoxy) is 2. The Morgan fingerprint density at radius 2 is 1.70 bits per heavy atom. The maximum absolute atomic E-state index is 13.5. The number of carbonyl (C=O) groups is 2. The first-order valence-corrected chi connectivity index (χ1v) is 13.8. The number of nitrogens with zero attached hydrogens (tertiary/aromatic N) is 1. The number of benzene rings is 2. The van der Waals surface area contributed by atoms with E-state index in [1.807, 2.05) is 12.1 Å². The molecule has 43 heavy (non-hydrogen) atoms. The van der Waals surface area contributed by atoms with E-state index in [2.05, 4.69) is 19.2 Å². The number of hydrogen-bond acceptors (Lipinski definition) is 4. The second kappa shape index (κ2) is 11.8. The first kappa shape index (κ1) is 32.2. The minimum atomic E-state index is -5.02. The van der Waals surface area contributed by atoms with Crippen LogP contribution in [0.25, 0.3) is 5.57 Å². The van der Waals surface area contributed by atoms with Crippen LogP contribution in [0.2, 0.25) is 0 Å². The molecule has 0 unspecified atom stereocenters. The van der Waals surface area contributed by atoms with Crippen LogP contribution in [0.4, 0.5) is 31.1 Å². The summed E-state index contributed by atoms with van der Waals surface area (Å²) in [7, 11) is 3.07. The molecule has 0 spiro atoms. The Balaban J connectivity index is 1.71. The Hall–Kier alpha value is -3.70. The molecule has 0 saturated carbocycles. The fraction of sp³-hybridized carbons (Fsp3) is 0.484. The molecule has 2 aliphatic rings. The summed E-state index contributed by atoms with van der Waals surface area (Å²) in [6.45, 7) is 5.79. The SMILES string of the molecule is CNC(=O)Cc1ccc(C2=C(CN3C(=O)O[C@@H](c4cc(C(F)(F)F)cc(C(F)(F)F)c4)[C@@H]3C)CC(C)(C)CC2)c(OC)c1. The van der Waals surface area contributed by atoms with Crippen LogP contribution in [0.3, 0.4) is 0 Å². The average Bonchev–Trinajstić information content (AvgIpc) is 3.20. The first-order chi connectivity index (χ1) is 19.9. The van der Waals surface area contributed by atoms with E-state index in [1.165, 1.54) is 12.0 Å². The molecule has 12 heteroatoms. The van der Waals surface area contributed by atoms with E-state index < -0.39 is 41.7 Å². The molecule has 2 atom stereocenters. The Morgan fingerprint density at radius 1 is 1.07 bits per heavy atom. The molecule has 1 fully saturated rings. The third kappa shape index (κ3) is 7.10. The van der Waals surface area contributed by atoms with E-state index in [-0.39, 0.29) is 35.9 Å². The Bertz CT molecular complexity index is 1400. The zero-order chi connectivity index (χ0) is 31.9. The van der Waals surface area contributed by atoms with Crippen LogP contribution < -0.4 is 10.1 Å². The highest BCUT2D eigenvalue weighted by Gasteiger charge is 2.44. The van der Waals surface area contributed by atoms with Crippen molar-refractivity contribution in [3.63, 3.8) is 0 Å². The standard InChI is InChI=1S/C31H34F6N2O4/c1-17-27(19-12-21(30(32,33)34)14-22(13-19)31(35,36)37)43-28(41)39(17)16-20-15-29(2,3)9-8-23(20)24-7-6-18(10-25(24)42-5)11-26(40)38-4/h6-7,10,12-14,17,27H,8-9,11,15-16H2,1-5H3,(H,38,40)/t17-,27+/m0/s1. The van der Waals surface area contributed by atoms with Gasteiger partial charge in [0.15, 0.2) is 0 Å². The summed E-state index contributed by atoms with van der Waals surface area (Å²) >= 11 is 0. The third-order valence-electron chi connectivity index (χ3n) is 8.10. The number of amides is 2. The molecule has 4 rings (SSSR count). The van der Waals surface area contributed by atoms with Crippen molar-refractivity contribution < 1.29 is 45.4 Å². The van der Waals surface area contributed by atoms with Crippen molar-refractivity contribution >= 4 is 17.6 Å². The highest BCUT2D eigenvalue weighted by atomic mass is 19.4. The molecular formula is C31H34F6N2O4. The van der Waals surface area contributed by atoms with Crippen LogP contribution in [-0.4, -0.2) is 43.6 Å². The summed E-state index contributed by atoms with van der Waals surface area (Å²) in [6.07, 6.45) is -9.97. The average molecular weight is 613 g/mol. The monoisotopic (exact) mass is 612 g/mol. The van der Waals surface area contributed by atoms with E-state index in [4.69, 9.17) is 9.47 Å². The van der Waals surface area contributed by atoms with Crippen molar-refractivity contribution in [1.29, 1.82) is 0 Å². The van der Waals surface area contributed by atoms with Gasteiger partial charge in [-0.05, 0) is 78.1 Å². The predicted molar refractivity (Wildman–Crippen MR) is 147 cm³/mol. The lowest BCUT2D eigenvalue weighted by Gasteiger charge is -2.36. The normalized spacial score (nSPS) is 20.7. The van der Waals surface area contributed by atoms with Crippen molar-refractivity contribution in [2.75, 3.05) is 20.7 Å². The van der Waals surface area contributed by atoms with Crippen LogP contribution in [0, 0.1) is 5.41 Å². The molecule has 1 N–H and O–H groups in total. The number of halogens is 6. The van der Waals surface area contributed by atoms with Gasteiger partial charge in [0, 0.05) is 19.2 Å². The fourth-order valence-corrected chi connectivity index (χ4v) is 5.77. The number of alkyl halides is 6. The molecule has 0 radical (unpaired) electrons. The number of cyclic esters (lactones) is 1. The minimum Gasteiger partial charge on any atom is -0.496 e. The van der Waals surface area contributed by atoms with E-state index >= 15 is 0 Å². The van der Waals surface area contributed by atoms with Crippen LogP contribution in [0.1, 0.15) is 74.0 Å². The first-order valence-electron chi connectivity index (χ1n) is 13.8. The summed E-state index contributed by atoms with van der Waals surface area (Å²) in [5.74, 6) is 0.389.